The van der Waals surface area contributed by atoms with Crippen LogP contribution in [0.5, 0.6) is 0 Å². The summed E-state index contributed by atoms with van der Waals surface area (Å²) in [6, 6.07) is 7.52. The Morgan fingerprint density at radius 3 is 2.86 bits per heavy atom. The minimum Gasteiger partial charge on any atom is -0.339 e. The third kappa shape index (κ3) is 4.43. The number of benzene rings is 1. The van der Waals surface area contributed by atoms with Gasteiger partial charge in [0, 0.05) is 17.0 Å². The average molecular weight is 328 g/mol. The molecule has 2 heterocycles. The highest BCUT2D eigenvalue weighted by molar-refractivity contribution is 6.30. The van der Waals surface area contributed by atoms with Crippen molar-refractivity contribution in [1.82, 2.24) is 15.5 Å². The van der Waals surface area contributed by atoms with E-state index in [-0.39, 0.29) is 12.4 Å². The van der Waals surface area contributed by atoms with Gasteiger partial charge in [0.25, 0.3) is 0 Å². The molecule has 1 fully saturated rings. The standard InChI is InChI=1S/C15H18ClN3O.ClH/c16-13-3-1-2-12(10-13)15-18-14(20-19-15)5-4-11-6-8-17-9-7-11;/h1-3,10-11,17H,4-9H2;1H. The number of hydrogen-bond acceptors (Lipinski definition) is 4. The fourth-order valence-corrected chi connectivity index (χ4v) is 2.79. The highest BCUT2D eigenvalue weighted by Crippen LogP contribution is 2.22. The van der Waals surface area contributed by atoms with Crippen molar-refractivity contribution >= 4 is 24.0 Å². The zero-order valence-electron chi connectivity index (χ0n) is 11.7. The Morgan fingerprint density at radius 1 is 1.29 bits per heavy atom. The molecule has 4 nitrogen and oxygen atoms in total. The molecule has 0 aliphatic carbocycles. The van der Waals surface area contributed by atoms with Gasteiger partial charge in [-0.3, -0.25) is 0 Å². The first kappa shape index (κ1) is 16.3. The van der Waals surface area contributed by atoms with E-state index in [1.807, 2.05) is 24.3 Å². The monoisotopic (exact) mass is 327 g/mol. The van der Waals surface area contributed by atoms with Crippen LogP contribution in [0.1, 0.15) is 25.2 Å². The molecule has 1 aliphatic rings. The lowest BCUT2D eigenvalue weighted by Crippen LogP contribution is -2.27. The molecule has 1 aliphatic heterocycles. The minimum absolute atomic E-state index is 0. The van der Waals surface area contributed by atoms with Crippen LogP contribution in [0, 0.1) is 5.92 Å². The second-order valence-electron chi connectivity index (χ2n) is 5.25. The van der Waals surface area contributed by atoms with Gasteiger partial charge in [0.1, 0.15) is 0 Å². The number of rotatable bonds is 4. The Bertz CT molecular complexity index is 568. The van der Waals surface area contributed by atoms with Crippen LogP contribution >= 0.6 is 24.0 Å². The zero-order chi connectivity index (χ0) is 13.8. The molecule has 1 aromatic heterocycles. The van der Waals surface area contributed by atoms with Crippen molar-refractivity contribution < 1.29 is 4.52 Å². The first-order valence-electron chi connectivity index (χ1n) is 7.10. The van der Waals surface area contributed by atoms with Crippen molar-refractivity contribution in [3.63, 3.8) is 0 Å². The van der Waals surface area contributed by atoms with E-state index in [1.54, 1.807) is 0 Å². The maximum atomic E-state index is 5.97. The Kier molecular flexibility index (Phi) is 6.03. The molecule has 2 aromatic rings. The van der Waals surface area contributed by atoms with Gasteiger partial charge in [-0.05, 0) is 50.4 Å². The molecular weight excluding hydrogens is 309 g/mol. The summed E-state index contributed by atoms with van der Waals surface area (Å²) in [5, 5.41) is 8.10. The summed E-state index contributed by atoms with van der Waals surface area (Å²) in [6.07, 6.45) is 4.47. The molecule has 0 atom stereocenters. The Labute approximate surface area is 135 Å². The zero-order valence-corrected chi connectivity index (χ0v) is 13.3. The van der Waals surface area contributed by atoms with Gasteiger partial charge in [-0.1, -0.05) is 28.9 Å². The third-order valence-corrected chi connectivity index (χ3v) is 4.01. The Morgan fingerprint density at radius 2 is 2.10 bits per heavy atom. The third-order valence-electron chi connectivity index (χ3n) is 3.78. The van der Waals surface area contributed by atoms with Crippen LogP contribution in [0.15, 0.2) is 28.8 Å². The Balaban J connectivity index is 0.00000161. The number of nitrogens with zero attached hydrogens (tertiary/aromatic N) is 2. The van der Waals surface area contributed by atoms with Gasteiger partial charge in [0.05, 0.1) is 0 Å². The van der Waals surface area contributed by atoms with E-state index in [0.29, 0.717) is 10.8 Å². The molecule has 1 N–H and O–H groups in total. The maximum Gasteiger partial charge on any atom is 0.226 e. The molecule has 21 heavy (non-hydrogen) atoms. The summed E-state index contributed by atoms with van der Waals surface area (Å²) in [5.74, 6) is 2.11. The molecule has 0 unspecified atom stereocenters. The van der Waals surface area contributed by atoms with Crippen molar-refractivity contribution in [3.8, 4) is 11.4 Å². The van der Waals surface area contributed by atoms with E-state index in [2.05, 4.69) is 15.5 Å². The first-order valence-corrected chi connectivity index (χ1v) is 7.48. The number of aryl methyl sites for hydroxylation is 1. The number of nitrogens with one attached hydrogen (secondary N) is 1. The van der Waals surface area contributed by atoms with Gasteiger partial charge in [-0.2, -0.15) is 4.98 Å². The molecule has 0 radical (unpaired) electrons. The van der Waals surface area contributed by atoms with Gasteiger partial charge in [-0.15, -0.1) is 12.4 Å². The van der Waals surface area contributed by atoms with Crippen LogP contribution in [0.3, 0.4) is 0 Å². The van der Waals surface area contributed by atoms with E-state index in [0.717, 1.165) is 43.3 Å². The molecule has 1 aromatic carbocycles. The second-order valence-corrected chi connectivity index (χ2v) is 5.69. The van der Waals surface area contributed by atoms with Crippen LogP contribution in [0.25, 0.3) is 11.4 Å². The molecule has 3 rings (SSSR count). The van der Waals surface area contributed by atoms with Crippen LogP contribution in [0.2, 0.25) is 5.02 Å². The average Bonchev–Trinajstić information content (AvgIpc) is 2.95. The van der Waals surface area contributed by atoms with E-state index in [1.165, 1.54) is 12.8 Å². The van der Waals surface area contributed by atoms with Crippen molar-refractivity contribution in [3.05, 3.63) is 35.2 Å². The van der Waals surface area contributed by atoms with E-state index < -0.39 is 0 Å². The van der Waals surface area contributed by atoms with Gasteiger partial charge in [-0.25, -0.2) is 0 Å². The molecule has 1 saturated heterocycles. The number of halogens is 2. The predicted molar refractivity (Wildman–Crippen MR) is 85.9 cm³/mol. The highest BCUT2D eigenvalue weighted by Gasteiger charge is 2.15. The Hall–Kier alpha value is -1.10. The molecule has 6 heteroatoms. The topological polar surface area (TPSA) is 51.0 Å². The van der Waals surface area contributed by atoms with Crippen molar-refractivity contribution in [2.45, 2.75) is 25.7 Å². The second kappa shape index (κ2) is 7.78. The quantitative estimate of drug-likeness (QED) is 0.929. The highest BCUT2D eigenvalue weighted by atomic mass is 35.5. The molecule has 0 saturated carbocycles. The SMILES string of the molecule is Cl.Clc1cccc(-c2noc(CCC3CCNCC3)n2)c1. The lowest BCUT2D eigenvalue weighted by molar-refractivity contribution is 0.324. The summed E-state index contributed by atoms with van der Waals surface area (Å²) in [7, 11) is 0. The summed E-state index contributed by atoms with van der Waals surface area (Å²) < 4.78 is 5.33. The molecule has 0 spiro atoms. The number of piperidine rings is 1. The minimum atomic E-state index is 0. The van der Waals surface area contributed by atoms with Gasteiger partial charge < -0.3 is 9.84 Å². The number of aromatic nitrogens is 2. The van der Waals surface area contributed by atoms with E-state index in [9.17, 15) is 0 Å². The summed E-state index contributed by atoms with van der Waals surface area (Å²) in [6.45, 7) is 2.25. The normalized spacial score (nSPS) is 15.7. The lowest BCUT2D eigenvalue weighted by Gasteiger charge is -2.21. The smallest absolute Gasteiger partial charge is 0.226 e. The number of hydrogen-bond donors (Lipinski definition) is 1. The van der Waals surface area contributed by atoms with Gasteiger partial charge >= 0.3 is 0 Å². The predicted octanol–water partition coefficient (Wildman–Crippen LogP) is 3.74. The van der Waals surface area contributed by atoms with Crippen molar-refractivity contribution in [1.29, 1.82) is 0 Å². The fourth-order valence-electron chi connectivity index (χ4n) is 2.60. The maximum absolute atomic E-state index is 5.97. The lowest BCUT2D eigenvalue weighted by atomic mass is 9.93. The molecule has 0 bridgehead atoms. The molecule has 0 amide bonds. The van der Waals surface area contributed by atoms with Crippen LogP contribution in [-0.4, -0.2) is 23.2 Å². The largest absolute Gasteiger partial charge is 0.339 e. The summed E-state index contributed by atoms with van der Waals surface area (Å²) in [4.78, 5) is 4.45. The van der Waals surface area contributed by atoms with Gasteiger partial charge in [0.15, 0.2) is 0 Å². The van der Waals surface area contributed by atoms with Crippen molar-refractivity contribution in [2.75, 3.05) is 13.1 Å². The van der Waals surface area contributed by atoms with E-state index in [4.69, 9.17) is 16.1 Å². The van der Waals surface area contributed by atoms with Gasteiger partial charge in [0.2, 0.25) is 11.7 Å². The molecule has 114 valence electrons. The molecular formula is C15H19Cl2N3O. The van der Waals surface area contributed by atoms with Crippen molar-refractivity contribution in [2.24, 2.45) is 5.92 Å². The van der Waals surface area contributed by atoms with Crippen LogP contribution in [-0.2, 0) is 6.42 Å². The fraction of sp³-hybridized carbons (Fsp3) is 0.467. The first-order chi connectivity index (χ1) is 9.81. The summed E-state index contributed by atoms with van der Waals surface area (Å²) in [5.41, 5.74) is 0.898. The van der Waals surface area contributed by atoms with Crippen LogP contribution < -0.4 is 5.32 Å². The van der Waals surface area contributed by atoms with E-state index >= 15 is 0 Å². The van der Waals surface area contributed by atoms with Crippen LogP contribution in [0.4, 0.5) is 0 Å². The summed E-state index contributed by atoms with van der Waals surface area (Å²) >= 11 is 5.97.